The lowest BCUT2D eigenvalue weighted by molar-refractivity contribution is 0.533. The van der Waals surface area contributed by atoms with Crippen molar-refractivity contribution in [2.24, 2.45) is 0 Å². The van der Waals surface area contributed by atoms with Gasteiger partial charge in [-0.3, -0.25) is 0 Å². The summed E-state index contributed by atoms with van der Waals surface area (Å²) < 4.78 is 2.13. The molecule has 0 fully saturated rings. The molecule has 2 heteroatoms. The van der Waals surface area contributed by atoms with E-state index < -0.39 is 0 Å². The molecule has 0 aliphatic heterocycles. The van der Waals surface area contributed by atoms with Crippen LogP contribution in [0.4, 0.5) is 0 Å². The Labute approximate surface area is 131 Å². The molecule has 0 spiro atoms. The predicted octanol–water partition coefficient (Wildman–Crippen LogP) is 3.73. The van der Waals surface area contributed by atoms with Crippen LogP contribution < -0.4 is 5.32 Å². The number of hydrogen-bond acceptors (Lipinski definition) is 1. The Morgan fingerprint density at radius 2 is 1.45 bits per heavy atom. The zero-order chi connectivity index (χ0) is 14.8. The Morgan fingerprint density at radius 1 is 0.818 bits per heavy atom. The number of aromatic nitrogens is 1. The van der Waals surface area contributed by atoms with Crippen LogP contribution in [0.15, 0.2) is 73.1 Å². The van der Waals surface area contributed by atoms with Crippen molar-refractivity contribution < 1.29 is 0 Å². The number of benzene rings is 2. The van der Waals surface area contributed by atoms with Crippen LogP contribution in [0.2, 0.25) is 0 Å². The Bertz CT molecular complexity index is 717. The maximum absolute atomic E-state index is 3.69. The Hall–Kier alpha value is -2.32. The normalized spacial score (nSPS) is 14.2. The van der Waals surface area contributed by atoms with E-state index in [0.717, 1.165) is 19.4 Å². The highest BCUT2D eigenvalue weighted by Crippen LogP contribution is 2.22. The summed E-state index contributed by atoms with van der Waals surface area (Å²) in [4.78, 5) is 0. The fraction of sp³-hybridized carbons (Fsp3) is 0.200. The predicted molar refractivity (Wildman–Crippen MR) is 90.2 cm³/mol. The summed E-state index contributed by atoms with van der Waals surface area (Å²) >= 11 is 0. The van der Waals surface area contributed by atoms with E-state index in [2.05, 4.69) is 70.8 Å². The highest BCUT2D eigenvalue weighted by atomic mass is 14.9. The molecule has 1 N–H and O–H groups in total. The summed E-state index contributed by atoms with van der Waals surface area (Å²) in [5, 5.41) is 3.69. The lowest BCUT2D eigenvalue weighted by atomic mass is 10.1. The summed E-state index contributed by atoms with van der Waals surface area (Å²) in [7, 11) is 0. The van der Waals surface area contributed by atoms with E-state index in [1.165, 1.54) is 22.4 Å². The zero-order valence-corrected chi connectivity index (χ0v) is 12.6. The Kier molecular flexibility index (Phi) is 3.53. The minimum atomic E-state index is 0.571. The van der Waals surface area contributed by atoms with Gasteiger partial charge >= 0.3 is 0 Å². The first-order valence-corrected chi connectivity index (χ1v) is 7.91. The molecule has 110 valence electrons. The monoisotopic (exact) mass is 288 g/mol. The molecule has 0 bridgehead atoms. The van der Waals surface area contributed by atoms with Gasteiger partial charge in [-0.25, -0.2) is 0 Å². The second kappa shape index (κ2) is 5.82. The van der Waals surface area contributed by atoms with E-state index in [-0.39, 0.29) is 0 Å². The van der Waals surface area contributed by atoms with Gasteiger partial charge in [-0.1, -0.05) is 36.4 Å². The molecular weight excluding hydrogens is 268 g/mol. The second-order valence-electron chi connectivity index (χ2n) is 6.01. The lowest BCUT2D eigenvalue weighted by Crippen LogP contribution is -2.28. The summed E-state index contributed by atoms with van der Waals surface area (Å²) in [5.41, 5.74) is 5.56. The van der Waals surface area contributed by atoms with E-state index in [0.29, 0.717) is 6.04 Å². The van der Waals surface area contributed by atoms with E-state index in [1.54, 1.807) is 0 Å². The molecule has 1 aromatic heterocycles. The number of rotatable bonds is 4. The van der Waals surface area contributed by atoms with Crippen LogP contribution in [0.25, 0.3) is 5.69 Å². The number of nitrogens with zero attached hydrogens (tertiary/aromatic N) is 1. The Morgan fingerprint density at radius 3 is 2.09 bits per heavy atom. The van der Waals surface area contributed by atoms with Gasteiger partial charge in [0.15, 0.2) is 0 Å². The molecule has 0 radical (unpaired) electrons. The third-order valence-electron chi connectivity index (χ3n) is 4.48. The molecule has 22 heavy (non-hydrogen) atoms. The van der Waals surface area contributed by atoms with Gasteiger partial charge in [-0.2, -0.15) is 0 Å². The molecule has 0 saturated heterocycles. The van der Waals surface area contributed by atoms with Crippen LogP contribution in [0.1, 0.15) is 16.7 Å². The molecule has 3 aromatic rings. The van der Waals surface area contributed by atoms with Crippen molar-refractivity contribution in [1.29, 1.82) is 0 Å². The highest BCUT2D eigenvalue weighted by molar-refractivity contribution is 5.36. The number of nitrogens with one attached hydrogen (secondary N) is 1. The van der Waals surface area contributed by atoms with Crippen molar-refractivity contribution in [3.8, 4) is 5.69 Å². The maximum Gasteiger partial charge on any atom is 0.0449 e. The van der Waals surface area contributed by atoms with Gasteiger partial charge in [-0.15, -0.1) is 0 Å². The van der Waals surface area contributed by atoms with Crippen LogP contribution >= 0.6 is 0 Å². The molecule has 1 heterocycles. The maximum atomic E-state index is 3.69. The van der Waals surface area contributed by atoms with E-state index in [1.807, 2.05) is 12.1 Å². The SMILES string of the molecule is c1ccc2c(c1)CC(NCc1ccc(-n3cccc3)cc1)C2. The summed E-state index contributed by atoms with van der Waals surface area (Å²) in [6.45, 7) is 0.935. The molecule has 0 amide bonds. The lowest BCUT2D eigenvalue weighted by Gasteiger charge is -2.12. The van der Waals surface area contributed by atoms with E-state index in [9.17, 15) is 0 Å². The fourth-order valence-electron chi connectivity index (χ4n) is 3.26. The van der Waals surface area contributed by atoms with Crippen molar-refractivity contribution in [2.75, 3.05) is 0 Å². The first-order valence-electron chi connectivity index (χ1n) is 7.91. The molecule has 0 unspecified atom stereocenters. The first kappa shape index (κ1) is 13.4. The average molecular weight is 288 g/mol. The van der Waals surface area contributed by atoms with Crippen LogP contribution in [0.3, 0.4) is 0 Å². The summed E-state index contributed by atoms with van der Waals surface area (Å²) in [6.07, 6.45) is 6.45. The smallest absolute Gasteiger partial charge is 0.0449 e. The third-order valence-corrected chi connectivity index (χ3v) is 4.48. The second-order valence-corrected chi connectivity index (χ2v) is 6.01. The van der Waals surface area contributed by atoms with Crippen molar-refractivity contribution in [3.63, 3.8) is 0 Å². The number of hydrogen-bond donors (Lipinski definition) is 1. The van der Waals surface area contributed by atoms with Gasteiger partial charge in [0.1, 0.15) is 0 Å². The molecule has 0 atom stereocenters. The zero-order valence-electron chi connectivity index (χ0n) is 12.6. The number of fused-ring (bicyclic) bond motifs is 1. The molecule has 1 aliphatic rings. The van der Waals surface area contributed by atoms with Gasteiger partial charge in [0, 0.05) is 30.7 Å². The summed E-state index contributed by atoms with van der Waals surface area (Å²) in [6, 6.07) is 22.2. The highest BCUT2D eigenvalue weighted by Gasteiger charge is 2.19. The van der Waals surface area contributed by atoms with Crippen LogP contribution in [-0.4, -0.2) is 10.6 Å². The van der Waals surface area contributed by atoms with Crippen molar-refractivity contribution in [2.45, 2.75) is 25.4 Å². The topological polar surface area (TPSA) is 17.0 Å². The van der Waals surface area contributed by atoms with Crippen LogP contribution in [0.5, 0.6) is 0 Å². The average Bonchev–Trinajstić information content (AvgIpc) is 3.22. The minimum absolute atomic E-state index is 0.571. The Balaban J connectivity index is 1.37. The quantitative estimate of drug-likeness (QED) is 0.774. The van der Waals surface area contributed by atoms with Crippen molar-refractivity contribution in [1.82, 2.24) is 9.88 Å². The largest absolute Gasteiger partial charge is 0.324 e. The van der Waals surface area contributed by atoms with Crippen molar-refractivity contribution >= 4 is 0 Å². The van der Waals surface area contributed by atoms with Gasteiger partial charge in [0.25, 0.3) is 0 Å². The molecule has 2 nitrogen and oxygen atoms in total. The molecule has 0 saturated carbocycles. The first-order chi connectivity index (χ1) is 10.9. The summed E-state index contributed by atoms with van der Waals surface area (Å²) in [5.74, 6) is 0. The van der Waals surface area contributed by atoms with Gasteiger partial charge in [-0.05, 0) is 53.8 Å². The van der Waals surface area contributed by atoms with Crippen molar-refractivity contribution in [3.05, 3.63) is 89.7 Å². The molecule has 2 aromatic carbocycles. The fourth-order valence-corrected chi connectivity index (χ4v) is 3.26. The standard InChI is InChI=1S/C20H20N2/c1-2-6-18-14-19(13-17(18)5-1)21-15-16-7-9-20(10-8-16)22-11-3-4-12-22/h1-12,19,21H,13-15H2. The van der Waals surface area contributed by atoms with Gasteiger partial charge in [0.2, 0.25) is 0 Å². The van der Waals surface area contributed by atoms with Crippen LogP contribution in [-0.2, 0) is 19.4 Å². The minimum Gasteiger partial charge on any atom is -0.324 e. The third kappa shape index (κ3) is 2.70. The van der Waals surface area contributed by atoms with Gasteiger partial charge in [0.05, 0.1) is 0 Å². The molecular formula is C20H20N2. The van der Waals surface area contributed by atoms with E-state index in [4.69, 9.17) is 0 Å². The molecule has 1 aliphatic carbocycles. The van der Waals surface area contributed by atoms with Gasteiger partial charge < -0.3 is 9.88 Å². The van der Waals surface area contributed by atoms with E-state index >= 15 is 0 Å². The van der Waals surface area contributed by atoms with Crippen LogP contribution in [0, 0.1) is 0 Å². The molecule has 4 rings (SSSR count).